The van der Waals surface area contributed by atoms with Gasteiger partial charge in [-0.15, -0.1) is 0 Å². The highest BCUT2D eigenvalue weighted by atomic mass is 32.2. The molecule has 12 heteroatoms. The maximum Gasteiger partial charge on any atom is 0.265 e. The predicted molar refractivity (Wildman–Crippen MR) is 156 cm³/mol. The minimum absolute atomic E-state index is 0.0377. The van der Waals surface area contributed by atoms with Crippen molar-refractivity contribution in [1.29, 1.82) is 0 Å². The van der Waals surface area contributed by atoms with E-state index in [4.69, 9.17) is 24.1 Å². The van der Waals surface area contributed by atoms with Gasteiger partial charge in [-0.25, -0.2) is 18.8 Å². The summed E-state index contributed by atoms with van der Waals surface area (Å²) >= 11 is 0. The van der Waals surface area contributed by atoms with Crippen molar-refractivity contribution in [2.75, 3.05) is 39.8 Å². The van der Waals surface area contributed by atoms with Crippen LogP contribution in [0.25, 0.3) is 0 Å². The number of amides is 1. The lowest BCUT2D eigenvalue weighted by atomic mass is 9.98. The highest BCUT2D eigenvalue weighted by Crippen LogP contribution is 2.29. The van der Waals surface area contributed by atoms with E-state index in [0.29, 0.717) is 35.8 Å². The van der Waals surface area contributed by atoms with Crippen LogP contribution < -0.4 is 25.1 Å². The molecule has 1 amide bonds. The number of methoxy groups -OCH3 is 2. The SMILES string of the molecule is COc1ccc(CNNC(=O)[C@]2(CCS(=O)(=O)c3ccccc3)COC(c3ccc(OCCCO)cc3)=N2)cc1OC. The molecular weight excluding hydrogens is 562 g/mol. The Labute approximate surface area is 245 Å². The van der Waals surface area contributed by atoms with Crippen LogP contribution in [-0.2, 0) is 25.9 Å². The third-order valence-corrected chi connectivity index (χ3v) is 8.42. The van der Waals surface area contributed by atoms with Crippen molar-refractivity contribution in [3.8, 4) is 17.2 Å². The fraction of sp³-hybridized carbons (Fsp3) is 0.333. The third kappa shape index (κ3) is 7.58. The molecule has 0 radical (unpaired) electrons. The molecule has 3 aromatic carbocycles. The Morgan fingerprint density at radius 1 is 1.02 bits per heavy atom. The van der Waals surface area contributed by atoms with E-state index in [-0.39, 0.29) is 42.7 Å². The van der Waals surface area contributed by atoms with E-state index in [0.717, 1.165) is 5.56 Å². The highest BCUT2D eigenvalue weighted by molar-refractivity contribution is 7.91. The van der Waals surface area contributed by atoms with Crippen molar-refractivity contribution in [3.05, 3.63) is 83.9 Å². The van der Waals surface area contributed by atoms with Crippen molar-refractivity contribution in [2.24, 2.45) is 4.99 Å². The maximum absolute atomic E-state index is 13.6. The Balaban J connectivity index is 1.51. The average Bonchev–Trinajstić information content (AvgIpc) is 3.47. The lowest BCUT2D eigenvalue weighted by molar-refractivity contribution is -0.127. The number of sulfone groups is 1. The molecule has 0 saturated heterocycles. The number of carbonyl (C=O) groups excluding carboxylic acids is 1. The van der Waals surface area contributed by atoms with Crippen LogP contribution in [0, 0.1) is 0 Å². The van der Waals surface area contributed by atoms with Gasteiger partial charge in [0, 0.05) is 25.1 Å². The molecule has 4 rings (SSSR count). The van der Waals surface area contributed by atoms with Crippen LogP contribution in [0.3, 0.4) is 0 Å². The Bertz CT molecular complexity index is 1480. The van der Waals surface area contributed by atoms with Crippen molar-refractivity contribution < 1.29 is 37.3 Å². The molecule has 1 aliphatic heterocycles. The summed E-state index contributed by atoms with van der Waals surface area (Å²) in [5.74, 6) is 1.14. The summed E-state index contributed by atoms with van der Waals surface area (Å²) in [4.78, 5) is 18.4. The van der Waals surface area contributed by atoms with Gasteiger partial charge in [0.15, 0.2) is 26.9 Å². The van der Waals surface area contributed by atoms with E-state index in [1.54, 1.807) is 61.7 Å². The van der Waals surface area contributed by atoms with Gasteiger partial charge in [-0.2, -0.15) is 0 Å². The minimum atomic E-state index is -3.68. The number of hydrogen-bond donors (Lipinski definition) is 3. The second-order valence-electron chi connectivity index (χ2n) is 9.57. The topological polar surface area (TPSA) is 145 Å². The van der Waals surface area contributed by atoms with Gasteiger partial charge >= 0.3 is 0 Å². The fourth-order valence-corrected chi connectivity index (χ4v) is 5.70. The van der Waals surface area contributed by atoms with Crippen LogP contribution in [0.15, 0.2) is 82.7 Å². The molecule has 3 N–H and O–H groups in total. The zero-order valence-electron chi connectivity index (χ0n) is 23.5. The molecule has 0 unspecified atom stereocenters. The standard InChI is InChI=1S/C30H35N3O8S/c1-38-26-14-9-22(19-27(26)39-2)20-31-33-29(35)30(15-18-42(36,37)25-7-4-3-5-8-25)21-41-28(32-30)23-10-12-24(13-11-23)40-17-6-16-34/h3-5,7-14,19,31,34H,6,15-18,20-21H2,1-2H3,(H,33,35)/t30-/m0/s1. The number of rotatable bonds is 15. The summed E-state index contributed by atoms with van der Waals surface area (Å²) in [7, 11) is -0.593. The number of ether oxygens (including phenoxy) is 4. The molecule has 0 bridgehead atoms. The Morgan fingerprint density at radius 2 is 1.76 bits per heavy atom. The maximum atomic E-state index is 13.6. The van der Waals surface area contributed by atoms with E-state index in [2.05, 4.69) is 15.8 Å². The number of hydrogen-bond acceptors (Lipinski definition) is 10. The first-order chi connectivity index (χ1) is 20.3. The number of nitrogens with zero attached hydrogens (tertiary/aromatic N) is 1. The monoisotopic (exact) mass is 597 g/mol. The predicted octanol–water partition coefficient (Wildman–Crippen LogP) is 2.67. The van der Waals surface area contributed by atoms with Crippen LogP contribution in [0.4, 0.5) is 0 Å². The number of carbonyl (C=O) groups is 1. The molecule has 42 heavy (non-hydrogen) atoms. The molecule has 0 spiro atoms. The smallest absolute Gasteiger partial charge is 0.265 e. The van der Waals surface area contributed by atoms with E-state index < -0.39 is 21.3 Å². The van der Waals surface area contributed by atoms with Gasteiger partial charge in [0.1, 0.15) is 12.4 Å². The third-order valence-electron chi connectivity index (χ3n) is 6.69. The van der Waals surface area contributed by atoms with Crippen LogP contribution in [0.2, 0.25) is 0 Å². The van der Waals surface area contributed by atoms with Gasteiger partial charge in [0.2, 0.25) is 5.90 Å². The molecular formula is C30H35N3O8S. The van der Waals surface area contributed by atoms with Crippen LogP contribution >= 0.6 is 0 Å². The summed E-state index contributed by atoms with van der Waals surface area (Å²) in [6.07, 6.45) is 0.418. The van der Waals surface area contributed by atoms with Gasteiger partial charge in [-0.05, 0) is 60.5 Å². The quantitative estimate of drug-likeness (QED) is 0.178. The van der Waals surface area contributed by atoms with Gasteiger partial charge < -0.3 is 24.1 Å². The molecule has 1 heterocycles. The Morgan fingerprint density at radius 3 is 2.45 bits per heavy atom. The number of benzene rings is 3. The number of aliphatic hydroxyl groups excluding tert-OH is 1. The first-order valence-corrected chi connectivity index (χ1v) is 15.0. The first kappa shape index (κ1) is 30.8. The van der Waals surface area contributed by atoms with E-state index in [1.807, 2.05) is 6.07 Å². The number of hydrazine groups is 1. The molecule has 0 saturated carbocycles. The molecule has 11 nitrogen and oxygen atoms in total. The van der Waals surface area contributed by atoms with Crippen molar-refractivity contribution in [1.82, 2.24) is 10.9 Å². The van der Waals surface area contributed by atoms with Crippen molar-refractivity contribution in [2.45, 2.75) is 29.8 Å². The Hall–Kier alpha value is -4.13. The summed E-state index contributed by atoms with van der Waals surface area (Å²) < 4.78 is 48.2. The molecule has 224 valence electrons. The zero-order valence-corrected chi connectivity index (χ0v) is 24.4. The molecule has 0 fully saturated rings. The molecule has 3 aromatic rings. The van der Waals surface area contributed by atoms with Crippen molar-refractivity contribution >= 4 is 21.6 Å². The number of aliphatic imine (C=N–C) groups is 1. The van der Waals surface area contributed by atoms with Gasteiger partial charge in [0.05, 0.1) is 31.5 Å². The number of nitrogens with one attached hydrogen (secondary N) is 2. The molecule has 1 atom stereocenters. The first-order valence-electron chi connectivity index (χ1n) is 13.4. The summed E-state index contributed by atoms with van der Waals surface area (Å²) in [6.45, 7) is 0.545. The molecule has 1 aliphatic rings. The summed E-state index contributed by atoms with van der Waals surface area (Å²) in [6, 6.07) is 20.4. The van der Waals surface area contributed by atoms with Gasteiger partial charge in [0.25, 0.3) is 5.91 Å². The lowest BCUT2D eigenvalue weighted by Crippen LogP contribution is -2.52. The summed E-state index contributed by atoms with van der Waals surface area (Å²) in [5.41, 5.74) is 5.53. The van der Waals surface area contributed by atoms with Crippen LogP contribution in [0.1, 0.15) is 24.0 Å². The minimum Gasteiger partial charge on any atom is -0.494 e. The van der Waals surface area contributed by atoms with Crippen molar-refractivity contribution in [3.63, 3.8) is 0 Å². The Kier molecular flexibility index (Phi) is 10.4. The van der Waals surface area contributed by atoms with E-state index >= 15 is 0 Å². The van der Waals surface area contributed by atoms with E-state index in [9.17, 15) is 13.2 Å². The second kappa shape index (κ2) is 14.2. The fourth-order valence-electron chi connectivity index (χ4n) is 4.28. The zero-order chi connectivity index (χ0) is 30.0. The van der Waals surface area contributed by atoms with Gasteiger partial charge in [-0.1, -0.05) is 24.3 Å². The van der Waals surface area contributed by atoms with Crippen LogP contribution in [-0.4, -0.2) is 70.7 Å². The normalized spacial score (nSPS) is 16.3. The lowest BCUT2D eigenvalue weighted by Gasteiger charge is -2.23. The largest absolute Gasteiger partial charge is 0.494 e. The number of aliphatic hydroxyl groups is 1. The average molecular weight is 598 g/mol. The molecule has 0 aliphatic carbocycles. The summed E-state index contributed by atoms with van der Waals surface area (Å²) in [5, 5.41) is 8.94. The van der Waals surface area contributed by atoms with E-state index in [1.165, 1.54) is 19.2 Å². The van der Waals surface area contributed by atoms with Crippen LogP contribution in [0.5, 0.6) is 17.2 Å². The van der Waals surface area contributed by atoms with Gasteiger partial charge in [-0.3, -0.25) is 10.2 Å². The highest BCUT2D eigenvalue weighted by Gasteiger charge is 2.45. The molecule has 0 aromatic heterocycles. The second-order valence-corrected chi connectivity index (χ2v) is 11.7.